The third-order valence-corrected chi connectivity index (χ3v) is 6.47. The number of rotatable bonds is 5. The molecule has 3 aromatic heterocycles. The van der Waals surface area contributed by atoms with Gasteiger partial charge in [0.15, 0.2) is 0 Å². The van der Waals surface area contributed by atoms with Crippen LogP contribution in [-0.4, -0.2) is 16.6 Å². The molecule has 152 valence electrons. The van der Waals surface area contributed by atoms with Crippen LogP contribution in [0.15, 0.2) is 60.9 Å². The summed E-state index contributed by atoms with van der Waals surface area (Å²) in [5, 5.41) is 15.4. The second-order valence-electron chi connectivity index (χ2n) is 7.22. The van der Waals surface area contributed by atoms with Gasteiger partial charge in [-0.15, -0.1) is 11.3 Å². The van der Waals surface area contributed by atoms with Crippen LogP contribution in [-0.2, 0) is 0 Å². The first-order chi connectivity index (χ1) is 15.2. The van der Waals surface area contributed by atoms with Crippen LogP contribution < -0.4 is 10.1 Å². The van der Waals surface area contributed by atoms with E-state index >= 15 is 0 Å². The number of thiophene rings is 1. The molecule has 31 heavy (non-hydrogen) atoms. The first-order valence-corrected chi connectivity index (χ1v) is 10.9. The van der Waals surface area contributed by atoms with Crippen molar-refractivity contribution in [1.29, 1.82) is 5.26 Å². The molecule has 5 rings (SSSR count). The van der Waals surface area contributed by atoms with E-state index in [-0.39, 0.29) is 0 Å². The summed E-state index contributed by atoms with van der Waals surface area (Å²) in [5.41, 5.74) is 5.52. The molecule has 0 aliphatic heterocycles. The van der Waals surface area contributed by atoms with Crippen molar-refractivity contribution in [3.8, 4) is 22.3 Å². The second-order valence-corrected chi connectivity index (χ2v) is 8.25. The number of ether oxygens (including phenoxy) is 1. The molecule has 0 saturated carbocycles. The van der Waals surface area contributed by atoms with Crippen LogP contribution in [0.3, 0.4) is 0 Å². The lowest BCUT2D eigenvalue weighted by molar-refractivity contribution is 0.341. The maximum Gasteiger partial charge on any atom is 0.127 e. The summed E-state index contributed by atoms with van der Waals surface area (Å²) in [4.78, 5) is 9.73. The van der Waals surface area contributed by atoms with Crippen molar-refractivity contribution in [2.45, 2.75) is 13.8 Å². The fraction of sp³-hybridized carbons (Fsp3) is 0.120. The highest BCUT2D eigenvalue weighted by molar-refractivity contribution is 7.22. The van der Waals surface area contributed by atoms with Crippen LogP contribution in [0.1, 0.15) is 18.1 Å². The van der Waals surface area contributed by atoms with Crippen molar-refractivity contribution < 1.29 is 4.74 Å². The van der Waals surface area contributed by atoms with Gasteiger partial charge in [0.05, 0.1) is 17.9 Å². The molecular weight excluding hydrogens is 404 g/mol. The summed E-state index contributed by atoms with van der Waals surface area (Å²) in [5.74, 6) is 0.848. The maximum atomic E-state index is 9.75. The van der Waals surface area contributed by atoms with E-state index in [9.17, 15) is 5.26 Å². The van der Waals surface area contributed by atoms with Crippen molar-refractivity contribution in [2.75, 3.05) is 11.9 Å². The minimum absolute atomic E-state index is 0.517. The van der Waals surface area contributed by atoms with Crippen LogP contribution in [0.5, 0.6) is 5.75 Å². The quantitative estimate of drug-likeness (QED) is 0.327. The van der Waals surface area contributed by atoms with E-state index in [0.717, 1.165) is 54.2 Å². The van der Waals surface area contributed by atoms with Crippen LogP contribution in [0.2, 0.25) is 0 Å². The monoisotopic (exact) mass is 424 g/mol. The van der Waals surface area contributed by atoms with Gasteiger partial charge in [0.1, 0.15) is 16.6 Å². The largest absolute Gasteiger partial charge is 0.493 e. The number of para-hydroxylation sites is 1. The fourth-order valence-corrected chi connectivity index (χ4v) is 4.89. The van der Waals surface area contributed by atoms with Gasteiger partial charge in [0.2, 0.25) is 0 Å². The summed E-state index contributed by atoms with van der Waals surface area (Å²) in [7, 11) is 0. The van der Waals surface area contributed by atoms with Crippen LogP contribution in [0, 0.1) is 18.3 Å². The highest BCUT2D eigenvalue weighted by Crippen LogP contribution is 2.41. The normalized spacial score (nSPS) is 11.0. The number of pyridine rings is 1. The maximum absolute atomic E-state index is 9.75. The molecule has 0 saturated heterocycles. The van der Waals surface area contributed by atoms with Gasteiger partial charge in [-0.05, 0) is 55.8 Å². The Morgan fingerprint density at radius 2 is 2.03 bits per heavy atom. The zero-order valence-electron chi connectivity index (χ0n) is 17.2. The molecule has 5 nitrogen and oxygen atoms in total. The van der Waals surface area contributed by atoms with E-state index < -0.39 is 0 Å². The van der Waals surface area contributed by atoms with Crippen molar-refractivity contribution in [1.82, 2.24) is 9.97 Å². The average Bonchev–Trinajstić information content (AvgIpc) is 3.44. The highest BCUT2D eigenvalue weighted by Gasteiger charge is 2.16. The lowest BCUT2D eigenvalue weighted by atomic mass is 10.1. The molecule has 3 heterocycles. The Morgan fingerprint density at radius 1 is 1.16 bits per heavy atom. The SMILES string of the molecule is CCOc1ccccc1-c1cc2c(Nc3ccc4[nH]ccc4c3C)c(C#N)cnc2s1. The van der Waals surface area contributed by atoms with Gasteiger partial charge in [0, 0.05) is 44.8 Å². The fourth-order valence-electron chi connectivity index (χ4n) is 3.85. The molecule has 2 aromatic carbocycles. The number of aromatic amines is 1. The Kier molecular flexibility index (Phi) is 4.81. The van der Waals surface area contributed by atoms with Crippen molar-refractivity contribution in [3.63, 3.8) is 0 Å². The lowest BCUT2D eigenvalue weighted by Crippen LogP contribution is -1.97. The van der Waals surface area contributed by atoms with E-state index in [4.69, 9.17) is 4.74 Å². The summed E-state index contributed by atoms with van der Waals surface area (Å²) in [6.07, 6.45) is 3.58. The summed E-state index contributed by atoms with van der Waals surface area (Å²) >= 11 is 1.60. The molecule has 2 N–H and O–H groups in total. The lowest BCUT2D eigenvalue weighted by Gasteiger charge is -2.13. The zero-order valence-corrected chi connectivity index (χ0v) is 18.0. The zero-order chi connectivity index (χ0) is 21.4. The first-order valence-electron chi connectivity index (χ1n) is 10.1. The van der Waals surface area contributed by atoms with Crippen LogP contribution in [0.25, 0.3) is 31.6 Å². The van der Waals surface area contributed by atoms with Crippen molar-refractivity contribution in [2.24, 2.45) is 0 Å². The highest BCUT2D eigenvalue weighted by atomic mass is 32.1. The summed E-state index contributed by atoms with van der Waals surface area (Å²) in [6.45, 7) is 4.67. The number of anilines is 2. The molecule has 0 aliphatic rings. The molecule has 0 aliphatic carbocycles. The Hall–Kier alpha value is -3.82. The predicted octanol–water partition coefficient (Wildman–Crippen LogP) is 6.77. The average molecular weight is 425 g/mol. The molecule has 6 heteroatoms. The third kappa shape index (κ3) is 3.29. The predicted molar refractivity (Wildman–Crippen MR) is 127 cm³/mol. The number of aromatic nitrogens is 2. The number of fused-ring (bicyclic) bond motifs is 2. The smallest absolute Gasteiger partial charge is 0.127 e. The second kappa shape index (κ2) is 7.78. The number of nitrogens with zero attached hydrogens (tertiary/aromatic N) is 2. The molecule has 0 unspecified atom stereocenters. The molecule has 0 fully saturated rings. The van der Waals surface area contributed by atoms with Crippen molar-refractivity contribution in [3.05, 3.63) is 72.1 Å². The van der Waals surface area contributed by atoms with Gasteiger partial charge < -0.3 is 15.0 Å². The molecular formula is C25H20N4OS. The molecule has 0 atom stereocenters. The van der Waals surface area contributed by atoms with E-state index in [0.29, 0.717) is 12.2 Å². The van der Waals surface area contributed by atoms with Crippen LogP contribution >= 0.6 is 11.3 Å². The summed E-state index contributed by atoms with van der Waals surface area (Å²) in [6, 6.07) is 18.5. The van der Waals surface area contributed by atoms with Gasteiger partial charge in [-0.2, -0.15) is 5.26 Å². The Labute approximate surface area is 183 Å². The van der Waals surface area contributed by atoms with Gasteiger partial charge >= 0.3 is 0 Å². The van der Waals surface area contributed by atoms with Gasteiger partial charge in [-0.1, -0.05) is 12.1 Å². The van der Waals surface area contributed by atoms with Crippen LogP contribution in [0.4, 0.5) is 11.4 Å². The molecule has 0 amide bonds. The number of nitriles is 1. The minimum Gasteiger partial charge on any atom is -0.493 e. The Balaban J connectivity index is 1.65. The number of H-pyrrole nitrogens is 1. The van der Waals surface area contributed by atoms with Gasteiger partial charge in [-0.25, -0.2) is 4.98 Å². The minimum atomic E-state index is 0.517. The number of aryl methyl sites for hydroxylation is 1. The summed E-state index contributed by atoms with van der Waals surface area (Å²) < 4.78 is 5.82. The van der Waals surface area contributed by atoms with Gasteiger partial charge in [0.25, 0.3) is 0 Å². The number of hydrogen-bond acceptors (Lipinski definition) is 5. The van der Waals surface area contributed by atoms with Gasteiger partial charge in [-0.3, -0.25) is 0 Å². The topological polar surface area (TPSA) is 73.7 Å². The number of nitrogens with one attached hydrogen (secondary N) is 2. The van der Waals surface area contributed by atoms with E-state index in [1.165, 1.54) is 0 Å². The molecule has 0 radical (unpaired) electrons. The molecule has 0 bridgehead atoms. The number of hydrogen-bond donors (Lipinski definition) is 2. The molecule has 0 spiro atoms. The van der Waals surface area contributed by atoms with E-state index in [1.807, 2.05) is 43.5 Å². The Bertz CT molecular complexity index is 1460. The molecule has 5 aromatic rings. The third-order valence-electron chi connectivity index (χ3n) is 5.40. The number of benzene rings is 2. The standard InChI is InChI=1S/C25H20N4OS/c1-3-30-22-7-5-4-6-18(22)23-12-19-24(16(13-26)14-28-25(19)31-23)29-20-8-9-21-17(15(20)2)10-11-27-21/h4-12,14,27H,3H2,1-2H3,(H,28,29). The first kappa shape index (κ1) is 19.2. The van der Waals surface area contributed by atoms with E-state index in [2.05, 4.69) is 46.5 Å². The Morgan fingerprint density at radius 3 is 2.87 bits per heavy atom. The van der Waals surface area contributed by atoms with Crippen molar-refractivity contribution >= 4 is 43.8 Å². The van der Waals surface area contributed by atoms with E-state index in [1.54, 1.807) is 17.5 Å².